The Morgan fingerprint density at radius 3 is 3.09 bits per heavy atom. The van der Waals surface area contributed by atoms with Gasteiger partial charge in [-0.15, -0.1) is 0 Å². The molecule has 3 heteroatoms. The maximum absolute atomic E-state index is 12.6. The Balaban J connectivity index is 2.86. The van der Waals surface area contributed by atoms with Crippen LogP contribution in [-0.2, 0) is 0 Å². The number of halogens is 1. The zero-order valence-electron chi connectivity index (χ0n) is 5.97. The second-order valence-electron chi connectivity index (χ2n) is 2.41. The lowest BCUT2D eigenvalue weighted by atomic mass is 10.2. The van der Waals surface area contributed by atoms with Crippen molar-refractivity contribution in [1.29, 1.82) is 0 Å². The molecule has 11 heavy (non-hydrogen) atoms. The predicted octanol–water partition coefficient (Wildman–Crippen LogP) is 2.28. The third-order valence-corrected chi connectivity index (χ3v) is 1.61. The molecule has 2 nitrogen and oxygen atoms in total. The number of benzene rings is 1. The van der Waals surface area contributed by atoms with E-state index in [0.717, 1.165) is 11.1 Å². The van der Waals surface area contributed by atoms with E-state index in [1.165, 1.54) is 12.1 Å². The molecule has 0 aliphatic heterocycles. The van der Waals surface area contributed by atoms with Crippen molar-refractivity contribution in [2.24, 2.45) is 0 Å². The van der Waals surface area contributed by atoms with Gasteiger partial charge in [0.25, 0.3) is 0 Å². The third-order valence-electron chi connectivity index (χ3n) is 1.61. The van der Waals surface area contributed by atoms with Crippen LogP contribution < -0.4 is 0 Å². The molecule has 0 atom stereocenters. The van der Waals surface area contributed by atoms with Crippen molar-refractivity contribution in [3.63, 3.8) is 0 Å². The first-order valence-electron chi connectivity index (χ1n) is 3.29. The van der Waals surface area contributed by atoms with E-state index >= 15 is 0 Å². The molecule has 0 unspecified atom stereocenters. The molecule has 1 aromatic carbocycles. The maximum atomic E-state index is 12.6. The number of hydrogen-bond donors (Lipinski definition) is 0. The summed E-state index contributed by atoms with van der Waals surface area (Å²) in [4.78, 5) is 0. The molecule has 0 bridgehead atoms. The summed E-state index contributed by atoms with van der Waals surface area (Å²) in [5.41, 5.74) is 1.29. The Kier molecular flexibility index (Phi) is 1.18. The molecule has 2 rings (SSSR count). The summed E-state index contributed by atoms with van der Waals surface area (Å²) < 4.78 is 17.4. The highest BCUT2D eigenvalue weighted by molar-refractivity contribution is 5.78. The van der Waals surface area contributed by atoms with Gasteiger partial charge in [0.05, 0.1) is 5.69 Å². The van der Waals surface area contributed by atoms with Crippen LogP contribution in [0.4, 0.5) is 4.39 Å². The molecular weight excluding hydrogens is 145 g/mol. The lowest BCUT2D eigenvalue weighted by molar-refractivity contribution is 0.448. The molecule has 0 saturated carbocycles. The fourth-order valence-electron chi connectivity index (χ4n) is 1.04. The lowest BCUT2D eigenvalue weighted by Crippen LogP contribution is -1.72. The summed E-state index contributed by atoms with van der Waals surface area (Å²) in [6.07, 6.45) is 0. The molecule has 2 aromatic rings. The van der Waals surface area contributed by atoms with E-state index in [-0.39, 0.29) is 5.82 Å². The minimum absolute atomic E-state index is 0.298. The van der Waals surface area contributed by atoms with Crippen molar-refractivity contribution in [3.05, 3.63) is 29.7 Å². The van der Waals surface area contributed by atoms with Crippen LogP contribution in [-0.4, -0.2) is 5.16 Å². The monoisotopic (exact) mass is 151 g/mol. The molecular formula is C8H6FNO. The molecule has 0 aliphatic carbocycles. The number of aryl methyl sites for hydroxylation is 1. The minimum atomic E-state index is -0.298. The van der Waals surface area contributed by atoms with E-state index in [1.807, 2.05) is 6.92 Å². The van der Waals surface area contributed by atoms with Crippen LogP contribution in [0.15, 0.2) is 22.7 Å². The maximum Gasteiger partial charge on any atom is 0.170 e. The van der Waals surface area contributed by atoms with Gasteiger partial charge in [-0.2, -0.15) is 0 Å². The van der Waals surface area contributed by atoms with Crippen molar-refractivity contribution < 1.29 is 8.91 Å². The SMILES string of the molecule is Cc1noc2cc(F)ccc12. The van der Waals surface area contributed by atoms with Crippen molar-refractivity contribution in [3.8, 4) is 0 Å². The zero-order valence-corrected chi connectivity index (χ0v) is 5.97. The van der Waals surface area contributed by atoms with Gasteiger partial charge in [0, 0.05) is 11.5 Å². The second kappa shape index (κ2) is 2.05. The summed E-state index contributed by atoms with van der Waals surface area (Å²) in [5, 5.41) is 4.56. The van der Waals surface area contributed by atoms with Crippen molar-refractivity contribution in [1.82, 2.24) is 5.16 Å². The quantitative estimate of drug-likeness (QED) is 0.577. The highest BCUT2D eigenvalue weighted by atomic mass is 19.1. The molecule has 0 fully saturated rings. The van der Waals surface area contributed by atoms with Crippen LogP contribution in [0.25, 0.3) is 11.0 Å². The van der Waals surface area contributed by atoms with Gasteiger partial charge in [0.15, 0.2) is 5.58 Å². The molecule has 0 saturated heterocycles. The standard InChI is InChI=1S/C8H6FNO/c1-5-7-3-2-6(9)4-8(7)11-10-5/h2-4H,1H3. The van der Waals surface area contributed by atoms with Crippen LogP contribution in [0.2, 0.25) is 0 Å². The van der Waals surface area contributed by atoms with E-state index < -0.39 is 0 Å². The Morgan fingerprint density at radius 2 is 2.27 bits per heavy atom. The van der Waals surface area contributed by atoms with Crippen LogP contribution in [0.1, 0.15) is 5.69 Å². The van der Waals surface area contributed by atoms with Gasteiger partial charge in [-0.3, -0.25) is 0 Å². The first-order valence-corrected chi connectivity index (χ1v) is 3.29. The largest absolute Gasteiger partial charge is 0.356 e. The average Bonchev–Trinajstić information content (AvgIpc) is 2.32. The molecule has 1 aromatic heterocycles. The average molecular weight is 151 g/mol. The number of aromatic nitrogens is 1. The van der Waals surface area contributed by atoms with Gasteiger partial charge < -0.3 is 4.52 Å². The Morgan fingerprint density at radius 1 is 1.45 bits per heavy atom. The van der Waals surface area contributed by atoms with E-state index in [1.54, 1.807) is 6.07 Å². The molecule has 56 valence electrons. The lowest BCUT2D eigenvalue weighted by Gasteiger charge is -1.86. The van der Waals surface area contributed by atoms with Crippen LogP contribution >= 0.6 is 0 Å². The highest BCUT2D eigenvalue weighted by Gasteiger charge is 2.03. The predicted molar refractivity (Wildman–Crippen MR) is 38.7 cm³/mol. The van der Waals surface area contributed by atoms with Crippen molar-refractivity contribution in [2.75, 3.05) is 0 Å². The Labute approximate surface area is 62.6 Å². The smallest absolute Gasteiger partial charge is 0.170 e. The summed E-state index contributed by atoms with van der Waals surface area (Å²) in [7, 11) is 0. The van der Waals surface area contributed by atoms with Gasteiger partial charge in [-0.05, 0) is 19.1 Å². The van der Waals surface area contributed by atoms with E-state index in [0.29, 0.717) is 5.58 Å². The normalized spacial score (nSPS) is 10.7. The summed E-state index contributed by atoms with van der Waals surface area (Å²) in [6.45, 7) is 1.82. The first-order chi connectivity index (χ1) is 5.27. The van der Waals surface area contributed by atoms with Crippen molar-refractivity contribution >= 4 is 11.0 Å². The fraction of sp³-hybridized carbons (Fsp3) is 0.125. The van der Waals surface area contributed by atoms with E-state index in [4.69, 9.17) is 4.52 Å². The first kappa shape index (κ1) is 6.34. The summed E-state index contributed by atoms with van der Waals surface area (Å²) >= 11 is 0. The summed E-state index contributed by atoms with van der Waals surface area (Å²) in [6, 6.07) is 4.39. The van der Waals surface area contributed by atoms with Crippen LogP contribution in [0, 0.1) is 12.7 Å². The van der Waals surface area contributed by atoms with Gasteiger partial charge in [0.2, 0.25) is 0 Å². The highest BCUT2D eigenvalue weighted by Crippen LogP contribution is 2.17. The van der Waals surface area contributed by atoms with Crippen molar-refractivity contribution in [2.45, 2.75) is 6.92 Å². The molecule has 0 aliphatic rings. The zero-order chi connectivity index (χ0) is 7.84. The van der Waals surface area contributed by atoms with Gasteiger partial charge >= 0.3 is 0 Å². The van der Waals surface area contributed by atoms with Gasteiger partial charge in [-0.25, -0.2) is 4.39 Å². The summed E-state index contributed by atoms with van der Waals surface area (Å²) in [5.74, 6) is -0.298. The third kappa shape index (κ3) is 0.888. The topological polar surface area (TPSA) is 26.0 Å². The van der Waals surface area contributed by atoms with Gasteiger partial charge in [0.1, 0.15) is 5.82 Å². The molecule has 0 radical (unpaired) electrons. The van der Waals surface area contributed by atoms with E-state index in [2.05, 4.69) is 5.16 Å². The number of fused-ring (bicyclic) bond motifs is 1. The van der Waals surface area contributed by atoms with E-state index in [9.17, 15) is 4.39 Å². The molecule has 0 amide bonds. The van der Waals surface area contributed by atoms with Gasteiger partial charge in [-0.1, -0.05) is 5.16 Å². The Hall–Kier alpha value is -1.38. The number of nitrogens with zero attached hydrogens (tertiary/aromatic N) is 1. The Bertz CT molecular complexity index is 394. The number of rotatable bonds is 0. The number of hydrogen-bond acceptors (Lipinski definition) is 2. The minimum Gasteiger partial charge on any atom is -0.356 e. The molecule has 0 N–H and O–H groups in total. The second-order valence-corrected chi connectivity index (χ2v) is 2.41. The molecule has 1 heterocycles. The van der Waals surface area contributed by atoms with Crippen LogP contribution in [0.3, 0.4) is 0 Å². The fourth-order valence-corrected chi connectivity index (χ4v) is 1.04. The van der Waals surface area contributed by atoms with Crippen LogP contribution in [0.5, 0.6) is 0 Å². The molecule has 0 spiro atoms.